The first kappa shape index (κ1) is 18.9. The van der Waals surface area contributed by atoms with Crippen LogP contribution in [-0.2, 0) is 0 Å². The lowest BCUT2D eigenvalue weighted by Crippen LogP contribution is -1.96. The van der Waals surface area contributed by atoms with Gasteiger partial charge in [0.25, 0.3) is 0 Å². The third-order valence-corrected chi connectivity index (χ3v) is 5.06. The number of hydrogen-bond acceptors (Lipinski definition) is 2. The molecule has 1 heterocycles. The monoisotopic (exact) mass is 450 g/mol. The summed E-state index contributed by atoms with van der Waals surface area (Å²) in [5, 5.41) is 2.23. The molecule has 25 heavy (non-hydrogen) atoms. The van der Waals surface area contributed by atoms with Crippen molar-refractivity contribution in [3.8, 4) is 22.4 Å². The van der Waals surface area contributed by atoms with Crippen molar-refractivity contribution in [2.24, 2.45) is 0 Å². The second-order valence-corrected chi connectivity index (χ2v) is 7.66. The van der Waals surface area contributed by atoms with Crippen LogP contribution >= 0.6 is 69.6 Å². The molecule has 0 amide bonds. The number of aromatic nitrogens is 1. The molecule has 0 saturated carbocycles. The summed E-state index contributed by atoms with van der Waals surface area (Å²) in [6.07, 6.45) is 1.50. The van der Waals surface area contributed by atoms with Crippen LogP contribution in [0.5, 0.6) is 0 Å². The fourth-order valence-electron chi connectivity index (χ4n) is 2.44. The largest absolute Gasteiger partial charge is 0.397 e. The Bertz CT molecular complexity index is 941. The molecule has 0 saturated heterocycles. The summed E-state index contributed by atoms with van der Waals surface area (Å²) in [5.41, 5.74) is 8.44. The first-order valence-electron chi connectivity index (χ1n) is 6.83. The first-order valence-corrected chi connectivity index (χ1v) is 9.10. The Morgan fingerprint density at radius 3 is 1.56 bits per heavy atom. The highest BCUT2D eigenvalue weighted by Crippen LogP contribution is 2.45. The maximum atomic E-state index is 6.36. The Morgan fingerprint density at radius 1 is 0.640 bits per heavy atom. The average Bonchev–Trinajstić information content (AvgIpc) is 2.47. The van der Waals surface area contributed by atoms with Crippen molar-refractivity contribution in [3.05, 3.63) is 66.7 Å². The lowest BCUT2D eigenvalue weighted by molar-refractivity contribution is 1.33. The molecule has 0 aliphatic rings. The molecule has 0 radical (unpaired) electrons. The minimum Gasteiger partial charge on any atom is -0.397 e. The van der Waals surface area contributed by atoms with E-state index in [1.54, 1.807) is 30.3 Å². The lowest BCUT2D eigenvalue weighted by Gasteiger charge is -2.15. The molecule has 0 spiro atoms. The van der Waals surface area contributed by atoms with Crippen LogP contribution in [0.2, 0.25) is 30.1 Å². The van der Waals surface area contributed by atoms with E-state index in [4.69, 9.17) is 75.3 Å². The number of nitrogen functional groups attached to an aromatic ring is 1. The van der Waals surface area contributed by atoms with Gasteiger partial charge in [0.1, 0.15) is 0 Å². The zero-order chi connectivity index (χ0) is 18.3. The Balaban J connectivity index is 2.37. The van der Waals surface area contributed by atoms with Crippen molar-refractivity contribution in [1.29, 1.82) is 0 Å². The van der Waals surface area contributed by atoms with Crippen molar-refractivity contribution in [2.45, 2.75) is 0 Å². The second kappa shape index (κ2) is 7.40. The van der Waals surface area contributed by atoms with Crippen LogP contribution < -0.4 is 5.73 Å². The molecule has 2 aromatic carbocycles. The average molecular weight is 453 g/mol. The number of nitrogens with zero attached hydrogens (tertiary/aromatic N) is 1. The van der Waals surface area contributed by atoms with Crippen LogP contribution in [0.4, 0.5) is 5.69 Å². The molecule has 2 N–H and O–H groups in total. The predicted molar refractivity (Wildman–Crippen MR) is 110 cm³/mol. The molecule has 0 bridgehead atoms. The van der Waals surface area contributed by atoms with E-state index in [0.29, 0.717) is 58.2 Å². The molecule has 3 aromatic rings. The van der Waals surface area contributed by atoms with Gasteiger partial charge >= 0.3 is 0 Å². The SMILES string of the molecule is Nc1cnc(-c2c(Cl)cc(Cl)cc2Cl)c(-c2c(Cl)cc(Cl)cc2Cl)c1. The molecule has 8 heteroatoms. The van der Waals surface area contributed by atoms with E-state index in [1.165, 1.54) is 6.20 Å². The molecular formula is C17H8Cl6N2. The predicted octanol–water partition coefficient (Wildman–Crippen LogP) is 7.92. The number of benzene rings is 2. The summed E-state index contributed by atoms with van der Waals surface area (Å²) >= 11 is 37.4. The van der Waals surface area contributed by atoms with Gasteiger partial charge < -0.3 is 5.73 Å². The maximum absolute atomic E-state index is 6.36. The number of nitrogens with two attached hydrogens (primary N) is 1. The van der Waals surface area contributed by atoms with Crippen molar-refractivity contribution in [3.63, 3.8) is 0 Å². The molecule has 0 fully saturated rings. The number of anilines is 1. The molecule has 2 nitrogen and oxygen atoms in total. The third-order valence-electron chi connectivity index (χ3n) is 3.43. The van der Waals surface area contributed by atoms with Crippen LogP contribution in [0.15, 0.2) is 36.5 Å². The normalized spacial score (nSPS) is 11.0. The van der Waals surface area contributed by atoms with E-state index in [2.05, 4.69) is 4.98 Å². The summed E-state index contributed by atoms with van der Waals surface area (Å²) < 4.78 is 0. The van der Waals surface area contributed by atoms with Crippen LogP contribution in [0.3, 0.4) is 0 Å². The fourth-order valence-corrected chi connectivity index (χ4v) is 4.46. The fraction of sp³-hybridized carbons (Fsp3) is 0. The van der Waals surface area contributed by atoms with Gasteiger partial charge in [-0.2, -0.15) is 0 Å². The van der Waals surface area contributed by atoms with Gasteiger partial charge in [-0.15, -0.1) is 0 Å². The molecular weight excluding hydrogens is 445 g/mol. The van der Waals surface area contributed by atoms with Crippen LogP contribution in [0.1, 0.15) is 0 Å². The minimum absolute atomic E-state index is 0.345. The summed E-state index contributed by atoms with van der Waals surface area (Å²) in [4.78, 5) is 4.39. The highest BCUT2D eigenvalue weighted by Gasteiger charge is 2.20. The van der Waals surface area contributed by atoms with E-state index in [9.17, 15) is 0 Å². The van der Waals surface area contributed by atoms with Gasteiger partial charge in [0, 0.05) is 26.7 Å². The highest BCUT2D eigenvalue weighted by molar-refractivity contribution is 6.43. The summed E-state index contributed by atoms with van der Waals surface area (Å²) in [7, 11) is 0. The Kier molecular flexibility index (Phi) is 5.60. The Labute approximate surface area is 174 Å². The van der Waals surface area contributed by atoms with Crippen molar-refractivity contribution < 1.29 is 0 Å². The van der Waals surface area contributed by atoms with Crippen molar-refractivity contribution in [2.75, 3.05) is 5.73 Å². The molecule has 0 aliphatic heterocycles. The van der Waals surface area contributed by atoms with E-state index < -0.39 is 0 Å². The number of pyridine rings is 1. The maximum Gasteiger partial charge on any atom is 0.0813 e. The van der Waals surface area contributed by atoms with Crippen LogP contribution in [0, 0.1) is 0 Å². The molecule has 0 atom stereocenters. The zero-order valence-electron chi connectivity index (χ0n) is 12.3. The topological polar surface area (TPSA) is 38.9 Å². The van der Waals surface area contributed by atoms with E-state index in [1.807, 2.05) is 0 Å². The van der Waals surface area contributed by atoms with E-state index >= 15 is 0 Å². The molecule has 128 valence electrons. The minimum atomic E-state index is 0.345. The third kappa shape index (κ3) is 3.80. The highest BCUT2D eigenvalue weighted by atomic mass is 35.5. The lowest BCUT2D eigenvalue weighted by atomic mass is 9.98. The van der Waals surface area contributed by atoms with Gasteiger partial charge in [0.2, 0.25) is 0 Å². The van der Waals surface area contributed by atoms with Crippen LogP contribution in [-0.4, -0.2) is 4.98 Å². The van der Waals surface area contributed by atoms with Gasteiger partial charge in [-0.3, -0.25) is 4.98 Å². The Hall–Kier alpha value is -0.870. The van der Waals surface area contributed by atoms with E-state index in [-0.39, 0.29) is 0 Å². The van der Waals surface area contributed by atoms with Gasteiger partial charge in [0.15, 0.2) is 0 Å². The van der Waals surface area contributed by atoms with E-state index in [0.717, 1.165) is 0 Å². The van der Waals surface area contributed by atoms with Gasteiger partial charge in [-0.1, -0.05) is 69.6 Å². The molecule has 3 rings (SSSR count). The molecule has 0 aliphatic carbocycles. The summed E-state index contributed by atoms with van der Waals surface area (Å²) in [6.45, 7) is 0. The van der Waals surface area contributed by atoms with Gasteiger partial charge in [-0.05, 0) is 30.3 Å². The quantitative estimate of drug-likeness (QED) is 0.428. The number of halogens is 6. The van der Waals surface area contributed by atoms with Gasteiger partial charge in [-0.25, -0.2) is 0 Å². The number of rotatable bonds is 2. The van der Waals surface area contributed by atoms with Crippen molar-refractivity contribution in [1.82, 2.24) is 4.98 Å². The van der Waals surface area contributed by atoms with Gasteiger partial charge in [0.05, 0.1) is 37.7 Å². The zero-order valence-corrected chi connectivity index (χ0v) is 16.8. The Morgan fingerprint density at radius 2 is 1.08 bits per heavy atom. The molecule has 0 unspecified atom stereocenters. The summed E-state index contributed by atoms with van der Waals surface area (Å²) in [6, 6.07) is 8.03. The van der Waals surface area contributed by atoms with Crippen molar-refractivity contribution >= 4 is 75.3 Å². The standard InChI is InChI=1S/C17H8Cl6N2/c18-7-1-11(20)15(12(21)2-7)10-5-9(24)6-25-17(10)16-13(22)3-8(19)4-14(16)23/h1-6H,24H2. The smallest absolute Gasteiger partial charge is 0.0813 e. The molecule has 1 aromatic heterocycles. The number of hydrogen-bond donors (Lipinski definition) is 1. The van der Waals surface area contributed by atoms with Crippen LogP contribution in [0.25, 0.3) is 22.4 Å². The first-order chi connectivity index (χ1) is 11.8. The summed E-state index contributed by atoms with van der Waals surface area (Å²) in [5.74, 6) is 0. The second-order valence-electron chi connectivity index (χ2n) is 5.15.